The van der Waals surface area contributed by atoms with Crippen LogP contribution in [0.5, 0.6) is 0 Å². The van der Waals surface area contributed by atoms with Crippen LogP contribution >= 0.6 is 0 Å². The summed E-state index contributed by atoms with van der Waals surface area (Å²) >= 11 is 0. The topological polar surface area (TPSA) is 69.6 Å². The van der Waals surface area contributed by atoms with Crippen molar-refractivity contribution in [3.63, 3.8) is 0 Å². The van der Waals surface area contributed by atoms with Crippen molar-refractivity contribution in [2.24, 2.45) is 0 Å². The number of anilines is 1. The van der Waals surface area contributed by atoms with E-state index in [1.807, 2.05) is 43.3 Å². The number of hydrogen-bond donors (Lipinski definition) is 2. The van der Waals surface area contributed by atoms with Crippen LogP contribution in [0.25, 0.3) is 11.6 Å². The van der Waals surface area contributed by atoms with Crippen LogP contribution in [-0.4, -0.2) is 23.1 Å². The predicted octanol–water partition coefficient (Wildman–Crippen LogP) is 4.85. The van der Waals surface area contributed by atoms with Gasteiger partial charge in [0.1, 0.15) is 5.82 Å². The molecule has 1 heterocycles. The lowest BCUT2D eigenvalue weighted by molar-refractivity contribution is -0.113. The van der Waals surface area contributed by atoms with Gasteiger partial charge < -0.3 is 4.90 Å². The molecule has 0 aliphatic carbocycles. The molecule has 5 nitrogen and oxygen atoms in total. The molecular formula is C26H23FN2O3. The second-order valence-corrected chi connectivity index (χ2v) is 7.82. The van der Waals surface area contributed by atoms with Gasteiger partial charge in [-0.3, -0.25) is 14.8 Å². The van der Waals surface area contributed by atoms with Crippen LogP contribution < -0.4 is 10.4 Å². The average molecular weight is 430 g/mol. The zero-order valence-electron chi connectivity index (χ0n) is 17.6. The Morgan fingerprint density at radius 3 is 2.41 bits per heavy atom. The van der Waals surface area contributed by atoms with E-state index in [0.29, 0.717) is 23.1 Å². The summed E-state index contributed by atoms with van der Waals surface area (Å²) in [6.07, 6.45) is 3.25. The van der Waals surface area contributed by atoms with Crippen molar-refractivity contribution in [1.29, 1.82) is 0 Å². The number of nitrogens with zero attached hydrogens (tertiary/aromatic N) is 1. The maximum absolute atomic E-state index is 13.9. The van der Waals surface area contributed by atoms with Crippen LogP contribution in [0, 0.1) is 5.82 Å². The van der Waals surface area contributed by atoms with E-state index in [0.717, 1.165) is 23.2 Å². The number of amides is 2. The molecule has 0 radical (unpaired) electrons. The Balaban J connectivity index is 1.79. The number of hydrogen-bond acceptors (Lipinski definition) is 3. The van der Waals surface area contributed by atoms with Gasteiger partial charge in [-0.2, -0.15) is 0 Å². The molecule has 1 atom stereocenters. The summed E-state index contributed by atoms with van der Waals surface area (Å²) in [5.41, 5.74) is 5.49. The molecule has 1 aliphatic rings. The number of fused-ring (bicyclic) bond motifs is 1. The van der Waals surface area contributed by atoms with Gasteiger partial charge in [-0.05, 0) is 72.9 Å². The molecule has 0 saturated carbocycles. The van der Waals surface area contributed by atoms with Crippen molar-refractivity contribution in [2.45, 2.75) is 25.8 Å². The summed E-state index contributed by atoms with van der Waals surface area (Å²) in [5.74, 6) is -1.17. The molecule has 3 aromatic carbocycles. The fourth-order valence-electron chi connectivity index (χ4n) is 4.01. The molecule has 2 N–H and O–H groups in total. The Kier molecular flexibility index (Phi) is 6.14. The molecule has 32 heavy (non-hydrogen) atoms. The SMILES string of the molecule is CC1CCc2cc(C(=O)NO)ccc2N1C(=O)C(=Cc1ccccc1)c1ccc(F)cc1. The largest absolute Gasteiger partial charge is 0.305 e. The van der Waals surface area contributed by atoms with Crippen molar-refractivity contribution in [2.75, 3.05) is 4.90 Å². The predicted molar refractivity (Wildman–Crippen MR) is 122 cm³/mol. The van der Waals surface area contributed by atoms with E-state index in [-0.39, 0.29) is 17.8 Å². The first-order valence-electron chi connectivity index (χ1n) is 10.4. The number of carbonyl (C=O) groups is 2. The van der Waals surface area contributed by atoms with Gasteiger partial charge in [-0.25, -0.2) is 9.87 Å². The minimum absolute atomic E-state index is 0.0628. The number of hydroxylamine groups is 1. The Bertz CT molecular complexity index is 1170. The maximum Gasteiger partial charge on any atom is 0.274 e. The first-order chi connectivity index (χ1) is 15.5. The van der Waals surface area contributed by atoms with Crippen molar-refractivity contribution in [3.05, 3.63) is 101 Å². The normalized spacial score (nSPS) is 15.8. The zero-order chi connectivity index (χ0) is 22.7. The summed E-state index contributed by atoms with van der Waals surface area (Å²) in [6.45, 7) is 1.99. The molecule has 0 bridgehead atoms. The molecular weight excluding hydrogens is 407 g/mol. The Morgan fingerprint density at radius 1 is 1.03 bits per heavy atom. The molecule has 1 aliphatic heterocycles. The minimum atomic E-state index is -0.597. The van der Waals surface area contributed by atoms with Gasteiger partial charge in [0.2, 0.25) is 0 Å². The number of halogens is 1. The summed E-state index contributed by atoms with van der Waals surface area (Å²) in [4.78, 5) is 27.4. The van der Waals surface area contributed by atoms with Crippen LogP contribution in [0.4, 0.5) is 10.1 Å². The van der Waals surface area contributed by atoms with E-state index >= 15 is 0 Å². The highest BCUT2D eigenvalue weighted by Gasteiger charge is 2.31. The number of carbonyl (C=O) groups excluding carboxylic acids is 2. The monoisotopic (exact) mass is 430 g/mol. The molecule has 3 aromatic rings. The third kappa shape index (κ3) is 4.31. The van der Waals surface area contributed by atoms with E-state index < -0.39 is 5.91 Å². The standard InChI is InChI=1S/C26H23FN2O3/c1-17-7-8-20-16-21(25(30)28-32)11-14-24(20)29(17)26(31)23(15-18-5-3-2-4-6-18)19-9-12-22(27)13-10-19/h2-6,9-17,32H,7-8H2,1H3,(H,28,30). The van der Waals surface area contributed by atoms with Crippen LogP contribution in [0.1, 0.15) is 40.4 Å². The van der Waals surface area contributed by atoms with Crippen molar-refractivity contribution in [1.82, 2.24) is 5.48 Å². The van der Waals surface area contributed by atoms with Crippen LogP contribution in [-0.2, 0) is 11.2 Å². The summed E-state index contributed by atoms with van der Waals surface area (Å²) < 4.78 is 13.6. The third-order valence-corrected chi connectivity index (χ3v) is 5.69. The smallest absolute Gasteiger partial charge is 0.274 e. The summed E-state index contributed by atoms with van der Waals surface area (Å²) in [5, 5.41) is 8.93. The molecule has 1 unspecified atom stereocenters. The fraction of sp³-hybridized carbons (Fsp3) is 0.154. The molecule has 4 rings (SSSR count). The average Bonchev–Trinajstić information content (AvgIpc) is 2.82. The number of aryl methyl sites for hydroxylation is 1. The van der Waals surface area contributed by atoms with Crippen molar-refractivity contribution >= 4 is 29.2 Å². The molecule has 0 fully saturated rings. The van der Waals surface area contributed by atoms with Gasteiger partial charge in [-0.15, -0.1) is 0 Å². The molecule has 0 saturated heterocycles. The summed E-state index contributed by atoms with van der Waals surface area (Å²) in [7, 11) is 0. The van der Waals surface area contributed by atoms with Gasteiger partial charge in [0.05, 0.1) is 0 Å². The highest BCUT2D eigenvalue weighted by molar-refractivity contribution is 6.30. The lowest BCUT2D eigenvalue weighted by atomic mass is 9.92. The van der Waals surface area contributed by atoms with E-state index in [9.17, 15) is 14.0 Å². The highest BCUT2D eigenvalue weighted by atomic mass is 19.1. The van der Waals surface area contributed by atoms with Crippen molar-refractivity contribution in [3.8, 4) is 0 Å². The van der Waals surface area contributed by atoms with Gasteiger partial charge in [-0.1, -0.05) is 42.5 Å². The molecule has 0 spiro atoms. The van der Waals surface area contributed by atoms with Crippen LogP contribution in [0.15, 0.2) is 72.8 Å². The summed E-state index contributed by atoms with van der Waals surface area (Å²) in [6, 6.07) is 20.4. The zero-order valence-corrected chi connectivity index (χ0v) is 17.6. The Morgan fingerprint density at radius 2 is 1.72 bits per heavy atom. The number of nitrogens with one attached hydrogen (secondary N) is 1. The second kappa shape index (κ2) is 9.16. The Hall–Kier alpha value is -3.77. The first kappa shape index (κ1) is 21.5. The molecule has 162 valence electrons. The molecule has 0 aromatic heterocycles. The minimum Gasteiger partial charge on any atom is -0.305 e. The highest BCUT2D eigenvalue weighted by Crippen LogP contribution is 2.34. The Labute approximate surface area is 185 Å². The number of benzene rings is 3. The number of rotatable bonds is 4. The van der Waals surface area contributed by atoms with E-state index in [1.165, 1.54) is 12.1 Å². The van der Waals surface area contributed by atoms with Gasteiger partial charge in [0.15, 0.2) is 0 Å². The fourth-order valence-corrected chi connectivity index (χ4v) is 4.01. The van der Waals surface area contributed by atoms with Gasteiger partial charge >= 0.3 is 0 Å². The molecule has 6 heteroatoms. The van der Waals surface area contributed by atoms with Crippen LogP contribution in [0.3, 0.4) is 0 Å². The van der Waals surface area contributed by atoms with E-state index in [4.69, 9.17) is 5.21 Å². The van der Waals surface area contributed by atoms with E-state index in [1.54, 1.807) is 40.7 Å². The quantitative estimate of drug-likeness (QED) is 0.269. The van der Waals surface area contributed by atoms with Gasteiger partial charge in [0, 0.05) is 22.9 Å². The van der Waals surface area contributed by atoms with Gasteiger partial charge in [0.25, 0.3) is 11.8 Å². The maximum atomic E-state index is 13.9. The third-order valence-electron chi connectivity index (χ3n) is 5.69. The second-order valence-electron chi connectivity index (χ2n) is 7.82. The lowest BCUT2D eigenvalue weighted by Gasteiger charge is -2.36. The van der Waals surface area contributed by atoms with Crippen LogP contribution in [0.2, 0.25) is 0 Å². The lowest BCUT2D eigenvalue weighted by Crippen LogP contribution is -2.42. The first-order valence-corrected chi connectivity index (χ1v) is 10.4. The van der Waals surface area contributed by atoms with Crippen molar-refractivity contribution < 1.29 is 19.2 Å². The molecule has 2 amide bonds. The van der Waals surface area contributed by atoms with E-state index in [2.05, 4.69) is 0 Å².